The van der Waals surface area contributed by atoms with Crippen LogP contribution in [-0.2, 0) is 16.0 Å². The minimum Gasteiger partial charge on any atom is -0.508 e. The van der Waals surface area contributed by atoms with Crippen molar-refractivity contribution in [1.82, 2.24) is 14.9 Å². The number of aromatic amines is 2. The van der Waals surface area contributed by atoms with Crippen LogP contribution in [0.25, 0.3) is 21.8 Å². The van der Waals surface area contributed by atoms with Gasteiger partial charge in [0.15, 0.2) is 18.5 Å². The number of likely N-dealkylation sites (tertiary alicyclic amines) is 1. The number of benzene rings is 4. The van der Waals surface area contributed by atoms with Gasteiger partial charge in [0.1, 0.15) is 11.5 Å². The molecule has 1 fully saturated rings. The van der Waals surface area contributed by atoms with Gasteiger partial charge in [-0.2, -0.15) is 0 Å². The molecule has 10 heteroatoms. The van der Waals surface area contributed by atoms with Crippen molar-refractivity contribution in [3.05, 3.63) is 130 Å². The van der Waals surface area contributed by atoms with Crippen LogP contribution in [0.5, 0.6) is 11.5 Å². The van der Waals surface area contributed by atoms with Gasteiger partial charge in [-0.25, -0.2) is 9.59 Å². The van der Waals surface area contributed by atoms with Crippen LogP contribution < -0.4 is 0 Å². The molecule has 48 heavy (non-hydrogen) atoms. The van der Waals surface area contributed by atoms with Gasteiger partial charge >= 0.3 is 11.9 Å². The summed E-state index contributed by atoms with van der Waals surface area (Å²) < 4.78 is 11.2. The molecule has 3 aliphatic heterocycles. The number of aromatic hydroxyl groups is 2. The second-order valence-corrected chi connectivity index (χ2v) is 12.3. The molecule has 240 valence electrons. The molecule has 0 radical (unpaired) electrons. The largest absolute Gasteiger partial charge is 0.508 e. The number of cyclic esters (lactones) is 2. The number of nitrogens with zero attached hydrogens (tertiary/aromatic N) is 1. The highest BCUT2D eigenvalue weighted by Crippen LogP contribution is 2.43. The van der Waals surface area contributed by atoms with Crippen LogP contribution in [-0.4, -0.2) is 56.4 Å². The zero-order valence-corrected chi connectivity index (χ0v) is 25.7. The van der Waals surface area contributed by atoms with Crippen LogP contribution in [0.3, 0.4) is 0 Å². The van der Waals surface area contributed by atoms with Crippen molar-refractivity contribution in [2.24, 2.45) is 0 Å². The number of rotatable bonds is 5. The Morgan fingerprint density at radius 1 is 0.708 bits per heavy atom. The number of phenols is 2. The lowest BCUT2D eigenvalue weighted by atomic mass is 9.96. The fraction of sp³-hybridized carbons (Fsp3) is 0.184. The molecule has 2 unspecified atom stereocenters. The van der Waals surface area contributed by atoms with E-state index in [-0.39, 0.29) is 17.5 Å². The third-order valence-electron chi connectivity index (χ3n) is 9.35. The average Bonchev–Trinajstić information content (AvgIpc) is 3.92. The normalized spacial score (nSPS) is 18.3. The number of esters is 2. The van der Waals surface area contributed by atoms with Gasteiger partial charge in [0, 0.05) is 56.3 Å². The van der Waals surface area contributed by atoms with E-state index in [1.807, 2.05) is 42.5 Å². The molecule has 5 heterocycles. The fourth-order valence-corrected chi connectivity index (χ4v) is 7.17. The summed E-state index contributed by atoms with van der Waals surface area (Å²) in [7, 11) is 0. The summed E-state index contributed by atoms with van der Waals surface area (Å²) in [6.45, 7) is 3.00. The molecule has 10 nitrogen and oxygen atoms in total. The zero-order chi connectivity index (χ0) is 32.9. The highest BCUT2D eigenvalue weighted by molar-refractivity contribution is 5.99. The number of fused-ring (bicyclic) bond motifs is 4. The van der Waals surface area contributed by atoms with E-state index in [1.165, 1.54) is 37.1 Å². The Labute approximate surface area is 274 Å². The fourth-order valence-electron chi connectivity index (χ4n) is 7.17. The molecule has 0 saturated carbocycles. The van der Waals surface area contributed by atoms with Gasteiger partial charge in [-0.3, -0.25) is 9.69 Å². The number of phenolic OH excluding ortho intramolecular Hbond substituents is 2. The first-order valence-electron chi connectivity index (χ1n) is 15.8. The summed E-state index contributed by atoms with van der Waals surface area (Å²) in [5.74, 6) is -0.591. The zero-order valence-electron chi connectivity index (χ0n) is 25.7. The molecule has 4 aromatic carbocycles. The standard InChI is InChI=1S/C21H20N2O3.C17H11NO4/c24-13-7-8-14-16(11-13)20(26-21(14)25)19-15-5-1-2-6-17(15)22-18(19)12-23-9-3-4-10-23;19-8-14-15(11-3-1-2-4-13(11)18-14)16-12-7-9(20)5-6-10(12)17(21)22-16/h1-2,5-8,11,20,22,24H,3-4,9-10,12H2;1-8,16,18,20H. The number of ether oxygens (including phenoxy) is 2. The van der Waals surface area contributed by atoms with Crippen LogP contribution in [0, 0.1) is 0 Å². The minimum absolute atomic E-state index is 0.0505. The van der Waals surface area contributed by atoms with E-state index in [1.54, 1.807) is 12.1 Å². The van der Waals surface area contributed by atoms with Gasteiger partial charge in [0.2, 0.25) is 0 Å². The molecule has 1 saturated heterocycles. The first kappa shape index (κ1) is 29.5. The van der Waals surface area contributed by atoms with E-state index < -0.39 is 18.2 Å². The molecular formula is C38H31N3O7. The van der Waals surface area contributed by atoms with Crippen molar-refractivity contribution in [2.45, 2.75) is 31.6 Å². The molecule has 6 aromatic rings. The van der Waals surface area contributed by atoms with Crippen LogP contribution >= 0.6 is 0 Å². The molecule has 3 aliphatic rings. The maximum atomic E-state index is 12.3. The summed E-state index contributed by atoms with van der Waals surface area (Å²) in [5, 5.41) is 21.5. The second kappa shape index (κ2) is 11.7. The van der Waals surface area contributed by atoms with Gasteiger partial charge < -0.3 is 29.7 Å². The molecule has 4 N–H and O–H groups in total. The maximum Gasteiger partial charge on any atom is 0.339 e. The van der Waals surface area contributed by atoms with Gasteiger partial charge in [0.25, 0.3) is 0 Å². The number of aromatic nitrogens is 2. The topological polar surface area (TPSA) is 145 Å². The van der Waals surface area contributed by atoms with Crippen LogP contribution in [0.4, 0.5) is 0 Å². The number of H-pyrrole nitrogens is 2. The van der Waals surface area contributed by atoms with E-state index in [0.717, 1.165) is 58.3 Å². The Kier molecular flexibility index (Phi) is 7.22. The lowest BCUT2D eigenvalue weighted by molar-refractivity contribution is 0.0447. The number of para-hydroxylation sites is 2. The van der Waals surface area contributed by atoms with Crippen molar-refractivity contribution >= 4 is 40.0 Å². The van der Waals surface area contributed by atoms with Crippen LogP contribution in [0.2, 0.25) is 0 Å². The maximum absolute atomic E-state index is 12.3. The van der Waals surface area contributed by atoms with E-state index >= 15 is 0 Å². The summed E-state index contributed by atoms with van der Waals surface area (Å²) in [6, 6.07) is 24.8. The molecular weight excluding hydrogens is 610 g/mol. The Morgan fingerprint density at radius 3 is 1.81 bits per heavy atom. The summed E-state index contributed by atoms with van der Waals surface area (Å²) in [5.41, 5.74) is 7.16. The lowest BCUT2D eigenvalue weighted by Gasteiger charge is -2.18. The van der Waals surface area contributed by atoms with E-state index in [9.17, 15) is 24.6 Å². The number of carbonyl (C=O) groups excluding carboxylic acids is 3. The summed E-state index contributed by atoms with van der Waals surface area (Å²) in [4.78, 5) is 44.7. The summed E-state index contributed by atoms with van der Waals surface area (Å²) in [6.07, 6.45) is 1.98. The van der Waals surface area contributed by atoms with Crippen molar-refractivity contribution < 1.29 is 34.1 Å². The van der Waals surface area contributed by atoms with Gasteiger partial charge in [-0.15, -0.1) is 0 Å². The number of aldehydes is 1. The van der Waals surface area contributed by atoms with Gasteiger partial charge in [0.05, 0.1) is 16.8 Å². The Bertz CT molecular complexity index is 2240. The number of hydrogen-bond donors (Lipinski definition) is 4. The number of carbonyl (C=O) groups is 3. The monoisotopic (exact) mass is 641 g/mol. The number of nitrogens with one attached hydrogen (secondary N) is 2. The van der Waals surface area contributed by atoms with E-state index in [4.69, 9.17) is 9.47 Å². The molecule has 0 amide bonds. The van der Waals surface area contributed by atoms with Crippen molar-refractivity contribution in [1.29, 1.82) is 0 Å². The predicted molar refractivity (Wildman–Crippen MR) is 177 cm³/mol. The molecule has 2 atom stereocenters. The third-order valence-corrected chi connectivity index (χ3v) is 9.35. The third kappa shape index (κ3) is 4.98. The highest BCUT2D eigenvalue weighted by Gasteiger charge is 2.37. The quantitative estimate of drug-likeness (QED) is 0.121. The first-order chi connectivity index (χ1) is 23.4. The number of hydrogen-bond acceptors (Lipinski definition) is 8. The SMILES string of the molecule is O=C1OC(c2c(CN3CCCC3)[nH]c3ccccc23)c2cc(O)ccc21.O=Cc1[nH]c2ccccc2c1C1OC(=O)c2ccc(O)cc21. The summed E-state index contributed by atoms with van der Waals surface area (Å²) >= 11 is 0. The van der Waals surface area contributed by atoms with Crippen molar-refractivity contribution in [3.63, 3.8) is 0 Å². The Hall–Kier alpha value is -5.87. The minimum atomic E-state index is -0.703. The molecule has 9 rings (SSSR count). The Balaban J connectivity index is 0.000000142. The van der Waals surface area contributed by atoms with Crippen LogP contribution in [0.15, 0.2) is 84.9 Å². The molecule has 0 aliphatic carbocycles. The van der Waals surface area contributed by atoms with Gasteiger partial charge in [-0.1, -0.05) is 36.4 Å². The van der Waals surface area contributed by atoms with E-state index in [2.05, 4.69) is 20.9 Å². The smallest absolute Gasteiger partial charge is 0.339 e. The van der Waals surface area contributed by atoms with Crippen molar-refractivity contribution in [3.8, 4) is 11.5 Å². The van der Waals surface area contributed by atoms with Gasteiger partial charge in [-0.05, 0) is 74.5 Å². The predicted octanol–water partition coefficient (Wildman–Crippen LogP) is 6.67. The first-order valence-corrected chi connectivity index (χ1v) is 15.8. The van der Waals surface area contributed by atoms with Crippen LogP contribution in [0.1, 0.15) is 84.2 Å². The highest BCUT2D eigenvalue weighted by atomic mass is 16.6. The Morgan fingerprint density at radius 2 is 1.23 bits per heavy atom. The molecule has 0 bridgehead atoms. The lowest BCUT2D eigenvalue weighted by Crippen LogP contribution is -2.20. The van der Waals surface area contributed by atoms with E-state index in [0.29, 0.717) is 34.2 Å². The molecule has 2 aromatic heterocycles. The second-order valence-electron chi connectivity index (χ2n) is 12.3. The molecule has 0 spiro atoms. The average molecular weight is 642 g/mol. The van der Waals surface area contributed by atoms with Crippen molar-refractivity contribution in [2.75, 3.05) is 13.1 Å².